The van der Waals surface area contributed by atoms with Crippen LogP contribution in [-0.4, -0.2) is 17.3 Å². The molecule has 0 radical (unpaired) electrons. The minimum atomic E-state index is -0.462. The molecule has 0 spiro atoms. The third-order valence-corrected chi connectivity index (χ3v) is 2.89. The molecule has 0 unspecified atom stereocenters. The molecular formula is C11H12ClFO2. The Hall–Kier alpha value is -0.800. The van der Waals surface area contributed by atoms with Gasteiger partial charge in [0.2, 0.25) is 0 Å². The number of ether oxygens (including phenoxy) is 1. The Morgan fingerprint density at radius 3 is 2.80 bits per heavy atom. The van der Waals surface area contributed by atoms with Crippen molar-refractivity contribution >= 4 is 11.6 Å². The molecular weight excluding hydrogens is 219 g/mol. The van der Waals surface area contributed by atoms with E-state index in [2.05, 4.69) is 0 Å². The molecule has 2 rings (SSSR count). The fourth-order valence-electron chi connectivity index (χ4n) is 1.77. The number of rotatable bonds is 2. The topological polar surface area (TPSA) is 29.5 Å². The second-order valence-corrected chi connectivity index (χ2v) is 4.14. The van der Waals surface area contributed by atoms with Gasteiger partial charge in [-0.2, -0.15) is 0 Å². The highest BCUT2D eigenvalue weighted by Crippen LogP contribution is 2.27. The van der Waals surface area contributed by atoms with Crippen molar-refractivity contribution in [2.45, 2.75) is 31.5 Å². The van der Waals surface area contributed by atoms with Gasteiger partial charge in [0.25, 0.3) is 0 Å². The maximum Gasteiger partial charge on any atom is 0.142 e. The molecule has 0 aromatic heterocycles. The molecule has 2 atom stereocenters. The van der Waals surface area contributed by atoms with E-state index in [9.17, 15) is 9.50 Å². The lowest BCUT2D eigenvalue weighted by Gasteiger charge is -2.17. The van der Waals surface area contributed by atoms with Crippen molar-refractivity contribution in [2.75, 3.05) is 0 Å². The lowest BCUT2D eigenvalue weighted by Crippen LogP contribution is -2.25. The Bertz CT molecular complexity index is 356. The predicted octanol–water partition coefficient (Wildman–Crippen LogP) is 2.77. The molecule has 4 heteroatoms. The Labute approximate surface area is 92.6 Å². The maximum absolute atomic E-state index is 12.9. The molecule has 1 N–H and O–H groups in total. The van der Waals surface area contributed by atoms with Crippen LogP contribution < -0.4 is 4.74 Å². The maximum atomic E-state index is 12.9. The fraction of sp³-hybridized carbons (Fsp3) is 0.455. The van der Waals surface area contributed by atoms with Crippen molar-refractivity contribution in [1.82, 2.24) is 0 Å². The molecule has 1 aliphatic rings. The average Bonchev–Trinajstić information content (AvgIpc) is 2.59. The van der Waals surface area contributed by atoms with E-state index in [1.807, 2.05) is 0 Å². The highest BCUT2D eigenvalue weighted by molar-refractivity contribution is 6.30. The van der Waals surface area contributed by atoms with Gasteiger partial charge in [-0.3, -0.25) is 0 Å². The largest absolute Gasteiger partial charge is 0.488 e. The number of hydrogen-bond acceptors (Lipinski definition) is 2. The summed E-state index contributed by atoms with van der Waals surface area (Å²) in [6, 6.07) is 4.22. The van der Waals surface area contributed by atoms with Gasteiger partial charge in [-0.05, 0) is 31.4 Å². The van der Waals surface area contributed by atoms with Crippen LogP contribution >= 0.6 is 11.6 Å². The molecule has 0 saturated heterocycles. The first-order valence-corrected chi connectivity index (χ1v) is 5.34. The Morgan fingerprint density at radius 1 is 1.40 bits per heavy atom. The molecule has 1 saturated carbocycles. The zero-order valence-corrected chi connectivity index (χ0v) is 8.88. The van der Waals surface area contributed by atoms with Gasteiger partial charge in [-0.15, -0.1) is 0 Å². The van der Waals surface area contributed by atoms with Crippen molar-refractivity contribution in [2.24, 2.45) is 0 Å². The second kappa shape index (κ2) is 4.37. The van der Waals surface area contributed by atoms with E-state index in [1.54, 1.807) is 0 Å². The monoisotopic (exact) mass is 230 g/mol. The van der Waals surface area contributed by atoms with Crippen molar-refractivity contribution in [3.63, 3.8) is 0 Å². The lowest BCUT2D eigenvalue weighted by atomic mass is 10.2. The normalized spacial score (nSPS) is 25.5. The van der Waals surface area contributed by atoms with Crippen LogP contribution in [0, 0.1) is 5.82 Å². The lowest BCUT2D eigenvalue weighted by molar-refractivity contribution is 0.0603. The van der Waals surface area contributed by atoms with E-state index >= 15 is 0 Å². The van der Waals surface area contributed by atoms with Gasteiger partial charge in [-0.1, -0.05) is 11.6 Å². The van der Waals surface area contributed by atoms with Crippen molar-refractivity contribution in [1.29, 1.82) is 0 Å². The van der Waals surface area contributed by atoms with Gasteiger partial charge in [0.15, 0.2) is 0 Å². The summed E-state index contributed by atoms with van der Waals surface area (Å²) in [6.07, 6.45) is 1.94. The zero-order valence-electron chi connectivity index (χ0n) is 8.12. The van der Waals surface area contributed by atoms with E-state index in [4.69, 9.17) is 16.3 Å². The van der Waals surface area contributed by atoms with Crippen LogP contribution in [0.25, 0.3) is 0 Å². The van der Waals surface area contributed by atoms with E-state index in [1.165, 1.54) is 18.2 Å². The van der Waals surface area contributed by atoms with Crippen molar-refractivity contribution < 1.29 is 14.2 Å². The van der Waals surface area contributed by atoms with Crippen LogP contribution in [-0.2, 0) is 0 Å². The third kappa shape index (κ3) is 2.41. The molecule has 15 heavy (non-hydrogen) atoms. The first-order valence-electron chi connectivity index (χ1n) is 4.96. The van der Waals surface area contributed by atoms with Gasteiger partial charge in [-0.25, -0.2) is 4.39 Å². The van der Waals surface area contributed by atoms with Crippen molar-refractivity contribution in [3.8, 4) is 5.75 Å². The smallest absolute Gasteiger partial charge is 0.142 e. The summed E-state index contributed by atoms with van der Waals surface area (Å²) in [7, 11) is 0. The first-order chi connectivity index (χ1) is 7.16. The van der Waals surface area contributed by atoms with Gasteiger partial charge >= 0.3 is 0 Å². The van der Waals surface area contributed by atoms with E-state index < -0.39 is 11.9 Å². The summed E-state index contributed by atoms with van der Waals surface area (Å²) in [5.74, 6) is 0.0448. The third-order valence-electron chi connectivity index (χ3n) is 2.60. The molecule has 0 heterocycles. The van der Waals surface area contributed by atoms with Crippen LogP contribution in [0.2, 0.25) is 5.02 Å². The summed E-state index contributed by atoms with van der Waals surface area (Å²) in [5.41, 5.74) is 0. The van der Waals surface area contributed by atoms with E-state index in [0.29, 0.717) is 5.75 Å². The average molecular weight is 231 g/mol. The Morgan fingerprint density at radius 2 is 2.20 bits per heavy atom. The minimum Gasteiger partial charge on any atom is -0.488 e. The molecule has 1 aromatic carbocycles. The highest BCUT2D eigenvalue weighted by atomic mass is 35.5. The molecule has 1 aliphatic carbocycles. The number of hydrogen-bond donors (Lipinski definition) is 1. The standard InChI is InChI=1S/C11H12ClFO2/c12-8-6-7(4-5-9(8)13)15-11-3-1-2-10(11)14/h4-6,10-11,14H,1-3H2/t10-,11-/m0/s1. The minimum absolute atomic E-state index is 0.0417. The fourth-order valence-corrected chi connectivity index (χ4v) is 1.94. The van der Waals surface area contributed by atoms with E-state index in [-0.39, 0.29) is 11.1 Å². The quantitative estimate of drug-likeness (QED) is 0.847. The van der Waals surface area contributed by atoms with Crippen LogP contribution in [0.4, 0.5) is 4.39 Å². The van der Waals surface area contributed by atoms with Crippen LogP contribution in [0.5, 0.6) is 5.75 Å². The SMILES string of the molecule is O[C@H]1CCC[C@@H]1Oc1ccc(F)c(Cl)c1. The molecule has 0 amide bonds. The number of aliphatic hydroxyl groups is 1. The molecule has 1 aromatic rings. The predicted molar refractivity (Wildman–Crippen MR) is 55.7 cm³/mol. The second-order valence-electron chi connectivity index (χ2n) is 3.73. The van der Waals surface area contributed by atoms with E-state index in [0.717, 1.165) is 19.3 Å². The van der Waals surface area contributed by atoms with Crippen LogP contribution in [0.1, 0.15) is 19.3 Å². The molecule has 2 nitrogen and oxygen atoms in total. The number of aliphatic hydroxyl groups excluding tert-OH is 1. The van der Waals surface area contributed by atoms with Crippen LogP contribution in [0.15, 0.2) is 18.2 Å². The molecule has 1 fully saturated rings. The van der Waals surface area contributed by atoms with Crippen molar-refractivity contribution in [3.05, 3.63) is 29.0 Å². The summed E-state index contributed by atoms with van der Waals surface area (Å²) in [5, 5.41) is 9.58. The summed E-state index contributed by atoms with van der Waals surface area (Å²) in [6.45, 7) is 0. The summed E-state index contributed by atoms with van der Waals surface area (Å²) < 4.78 is 18.4. The van der Waals surface area contributed by atoms with Gasteiger partial charge in [0.1, 0.15) is 17.7 Å². The zero-order chi connectivity index (χ0) is 10.8. The molecule has 0 bridgehead atoms. The molecule has 0 aliphatic heterocycles. The first kappa shape index (κ1) is 10.7. The number of halogens is 2. The Kier molecular flexibility index (Phi) is 3.12. The number of benzene rings is 1. The van der Waals surface area contributed by atoms with Gasteiger partial charge in [0.05, 0.1) is 11.1 Å². The van der Waals surface area contributed by atoms with Gasteiger partial charge in [0, 0.05) is 6.07 Å². The summed E-state index contributed by atoms with van der Waals surface area (Å²) in [4.78, 5) is 0. The summed E-state index contributed by atoms with van der Waals surface area (Å²) >= 11 is 5.62. The van der Waals surface area contributed by atoms with Gasteiger partial charge < -0.3 is 9.84 Å². The highest BCUT2D eigenvalue weighted by Gasteiger charge is 2.26. The Balaban J connectivity index is 2.07. The molecule has 82 valence electrons. The van der Waals surface area contributed by atoms with Crippen LogP contribution in [0.3, 0.4) is 0 Å².